The van der Waals surface area contributed by atoms with Crippen molar-refractivity contribution in [2.75, 3.05) is 39.5 Å². The molecule has 1 aliphatic rings. The SMILES string of the molecule is COCC(CNc1nccc2cc3c(cc12)OCO3)OC. The third-order valence-corrected chi connectivity index (χ3v) is 3.44. The van der Waals surface area contributed by atoms with Crippen LogP contribution in [0.25, 0.3) is 10.8 Å². The Morgan fingerprint density at radius 1 is 1.29 bits per heavy atom. The number of benzene rings is 1. The van der Waals surface area contributed by atoms with Crippen LogP contribution in [0.2, 0.25) is 0 Å². The summed E-state index contributed by atoms with van der Waals surface area (Å²) in [4.78, 5) is 4.39. The minimum Gasteiger partial charge on any atom is -0.454 e. The Labute approximate surface area is 123 Å². The van der Waals surface area contributed by atoms with Gasteiger partial charge in [0.1, 0.15) is 5.82 Å². The largest absolute Gasteiger partial charge is 0.454 e. The number of hydrogen-bond donors (Lipinski definition) is 1. The topological polar surface area (TPSA) is 61.8 Å². The van der Waals surface area contributed by atoms with Crippen LogP contribution in [-0.4, -0.2) is 45.3 Å². The molecule has 2 aromatic rings. The van der Waals surface area contributed by atoms with E-state index in [1.807, 2.05) is 18.2 Å². The minimum absolute atomic E-state index is 0.0268. The van der Waals surface area contributed by atoms with Crippen LogP contribution in [0.5, 0.6) is 11.5 Å². The number of rotatable bonds is 6. The molecule has 0 saturated heterocycles. The number of hydrogen-bond acceptors (Lipinski definition) is 6. The molecule has 21 heavy (non-hydrogen) atoms. The maximum atomic E-state index is 5.42. The zero-order valence-corrected chi connectivity index (χ0v) is 12.1. The molecule has 0 aliphatic carbocycles. The Balaban J connectivity index is 1.85. The predicted octanol–water partition coefficient (Wildman–Crippen LogP) is 2.04. The van der Waals surface area contributed by atoms with Crippen LogP contribution in [0.1, 0.15) is 0 Å². The second-order valence-corrected chi connectivity index (χ2v) is 4.78. The van der Waals surface area contributed by atoms with Gasteiger partial charge in [-0.3, -0.25) is 0 Å². The molecule has 112 valence electrons. The lowest BCUT2D eigenvalue weighted by molar-refractivity contribution is 0.0365. The van der Waals surface area contributed by atoms with Crippen molar-refractivity contribution < 1.29 is 18.9 Å². The van der Waals surface area contributed by atoms with Gasteiger partial charge >= 0.3 is 0 Å². The van der Waals surface area contributed by atoms with Gasteiger partial charge in [-0.05, 0) is 23.6 Å². The minimum atomic E-state index is -0.0268. The van der Waals surface area contributed by atoms with Crippen LogP contribution in [0.15, 0.2) is 24.4 Å². The molecule has 0 saturated carbocycles. The molecule has 0 radical (unpaired) electrons. The Kier molecular flexibility index (Phi) is 4.08. The highest BCUT2D eigenvalue weighted by molar-refractivity contribution is 5.94. The summed E-state index contributed by atoms with van der Waals surface area (Å²) in [6, 6.07) is 5.87. The zero-order chi connectivity index (χ0) is 14.7. The van der Waals surface area contributed by atoms with Crippen molar-refractivity contribution in [2.45, 2.75) is 6.10 Å². The van der Waals surface area contributed by atoms with Crippen molar-refractivity contribution in [1.29, 1.82) is 0 Å². The van der Waals surface area contributed by atoms with Crippen molar-refractivity contribution in [2.24, 2.45) is 0 Å². The van der Waals surface area contributed by atoms with Gasteiger partial charge in [-0.1, -0.05) is 0 Å². The summed E-state index contributed by atoms with van der Waals surface area (Å²) in [5, 5.41) is 5.35. The van der Waals surface area contributed by atoms with Gasteiger partial charge in [-0.2, -0.15) is 0 Å². The first-order valence-electron chi connectivity index (χ1n) is 6.76. The molecule has 0 fully saturated rings. The molecule has 1 aliphatic heterocycles. The van der Waals surface area contributed by atoms with Crippen LogP contribution >= 0.6 is 0 Å². The Bertz CT molecular complexity index is 632. The fourth-order valence-corrected chi connectivity index (χ4v) is 2.31. The number of methoxy groups -OCH3 is 2. The lowest BCUT2D eigenvalue weighted by Crippen LogP contribution is -2.26. The van der Waals surface area contributed by atoms with Gasteiger partial charge < -0.3 is 24.3 Å². The van der Waals surface area contributed by atoms with Gasteiger partial charge in [0.2, 0.25) is 6.79 Å². The number of pyridine rings is 1. The molecular formula is C15H18N2O4. The fourth-order valence-electron chi connectivity index (χ4n) is 2.31. The number of fused-ring (bicyclic) bond motifs is 2. The maximum absolute atomic E-state index is 5.42. The Morgan fingerprint density at radius 3 is 2.86 bits per heavy atom. The lowest BCUT2D eigenvalue weighted by Gasteiger charge is -2.16. The van der Waals surface area contributed by atoms with E-state index in [1.54, 1.807) is 20.4 Å². The van der Waals surface area contributed by atoms with Crippen molar-refractivity contribution in [1.82, 2.24) is 4.98 Å². The molecule has 6 heteroatoms. The second-order valence-electron chi connectivity index (χ2n) is 4.78. The number of nitrogens with zero attached hydrogens (tertiary/aromatic N) is 1. The van der Waals surface area contributed by atoms with Crippen LogP contribution in [0.3, 0.4) is 0 Å². The summed E-state index contributed by atoms with van der Waals surface area (Å²) in [5.74, 6) is 2.32. The summed E-state index contributed by atoms with van der Waals surface area (Å²) in [5.41, 5.74) is 0. The summed E-state index contributed by atoms with van der Waals surface area (Å²) >= 11 is 0. The highest BCUT2D eigenvalue weighted by Gasteiger charge is 2.16. The number of aromatic nitrogens is 1. The average molecular weight is 290 g/mol. The highest BCUT2D eigenvalue weighted by Crippen LogP contribution is 2.37. The molecule has 3 rings (SSSR count). The quantitative estimate of drug-likeness (QED) is 0.878. The predicted molar refractivity (Wildman–Crippen MR) is 79.0 cm³/mol. The van der Waals surface area contributed by atoms with Gasteiger partial charge in [-0.15, -0.1) is 0 Å². The molecular weight excluding hydrogens is 272 g/mol. The Morgan fingerprint density at radius 2 is 2.10 bits per heavy atom. The van der Waals surface area contributed by atoms with Crippen LogP contribution in [-0.2, 0) is 9.47 Å². The van der Waals surface area contributed by atoms with E-state index in [2.05, 4.69) is 10.3 Å². The third kappa shape index (κ3) is 2.86. The summed E-state index contributed by atoms with van der Waals surface area (Å²) in [6.07, 6.45) is 1.74. The maximum Gasteiger partial charge on any atom is 0.231 e. The standard InChI is InChI=1S/C15H18N2O4/c1-18-8-11(19-2)7-17-15-12-6-14-13(20-9-21-14)5-10(12)3-4-16-15/h3-6,11H,7-9H2,1-2H3,(H,16,17). The van der Waals surface area contributed by atoms with Crippen LogP contribution < -0.4 is 14.8 Å². The molecule has 1 aromatic heterocycles. The van der Waals surface area contributed by atoms with E-state index in [0.29, 0.717) is 13.2 Å². The van der Waals surface area contributed by atoms with Crippen molar-refractivity contribution in [3.8, 4) is 11.5 Å². The van der Waals surface area contributed by atoms with E-state index in [4.69, 9.17) is 18.9 Å². The lowest BCUT2D eigenvalue weighted by atomic mass is 10.1. The smallest absolute Gasteiger partial charge is 0.231 e. The monoisotopic (exact) mass is 290 g/mol. The number of ether oxygens (including phenoxy) is 4. The van der Waals surface area contributed by atoms with Gasteiger partial charge in [-0.25, -0.2) is 4.98 Å². The zero-order valence-electron chi connectivity index (χ0n) is 12.1. The van der Waals surface area contributed by atoms with E-state index in [9.17, 15) is 0 Å². The molecule has 0 amide bonds. The molecule has 0 bridgehead atoms. The molecule has 1 aromatic carbocycles. The summed E-state index contributed by atoms with van der Waals surface area (Å²) in [6.45, 7) is 1.41. The van der Waals surface area contributed by atoms with Crippen molar-refractivity contribution >= 4 is 16.6 Å². The normalized spacial score (nSPS) is 14.4. The molecule has 6 nitrogen and oxygen atoms in total. The number of anilines is 1. The molecule has 2 heterocycles. The number of nitrogens with one attached hydrogen (secondary N) is 1. The molecule has 1 N–H and O–H groups in total. The van der Waals surface area contributed by atoms with E-state index in [1.165, 1.54) is 0 Å². The van der Waals surface area contributed by atoms with Crippen LogP contribution in [0.4, 0.5) is 5.82 Å². The average Bonchev–Trinajstić information content (AvgIpc) is 2.96. The van der Waals surface area contributed by atoms with Crippen LogP contribution in [0, 0.1) is 0 Å². The van der Waals surface area contributed by atoms with E-state index in [-0.39, 0.29) is 12.9 Å². The van der Waals surface area contributed by atoms with Gasteiger partial charge in [0.25, 0.3) is 0 Å². The van der Waals surface area contributed by atoms with E-state index in [0.717, 1.165) is 28.1 Å². The van der Waals surface area contributed by atoms with Crippen molar-refractivity contribution in [3.63, 3.8) is 0 Å². The third-order valence-electron chi connectivity index (χ3n) is 3.44. The second kappa shape index (κ2) is 6.15. The summed E-state index contributed by atoms with van der Waals surface area (Å²) < 4.78 is 21.3. The first-order chi connectivity index (χ1) is 10.3. The highest BCUT2D eigenvalue weighted by atomic mass is 16.7. The molecule has 0 spiro atoms. The van der Waals surface area contributed by atoms with E-state index >= 15 is 0 Å². The Hall–Kier alpha value is -2.05. The first-order valence-corrected chi connectivity index (χ1v) is 6.76. The van der Waals surface area contributed by atoms with E-state index < -0.39 is 0 Å². The van der Waals surface area contributed by atoms with Gasteiger partial charge in [0.15, 0.2) is 11.5 Å². The van der Waals surface area contributed by atoms with Gasteiger partial charge in [0.05, 0.1) is 12.7 Å². The molecule has 1 unspecified atom stereocenters. The molecule has 1 atom stereocenters. The first kappa shape index (κ1) is 13.9. The fraction of sp³-hybridized carbons (Fsp3) is 0.400. The van der Waals surface area contributed by atoms with Gasteiger partial charge in [0, 0.05) is 32.3 Å². The van der Waals surface area contributed by atoms with Crippen molar-refractivity contribution in [3.05, 3.63) is 24.4 Å². The summed E-state index contributed by atoms with van der Waals surface area (Å²) in [7, 11) is 3.32.